The SMILES string of the molecule is CC(C)(C)C(C(=O)O)n1c(CCc2cccc(F)c2F)cc(=O)c2ccccc21. The number of aryl methyl sites for hydroxylation is 2. The Hall–Kier alpha value is -3.02. The summed E-state index contributed by atoms with van der Waals surface area (Å²) < 4.78 is 29.3. The first-order valence-corrected chi connectivity index (χ1v) is 9.40. The van der Waals surface area contributed by atoms with E-state index in [2.05, 4.69) is 0 Å². The lowest BCUT2D eigenvalue weighted by atomic mass is 9.85. The molecule has 29 heavy (non-hydrogen) atoms. The standard InChI is InChI=1S/C23H23F2NO3/c1-23(2,3)21(22(28)29)26-15(12-11-14-7-6-9-17(24)20(14)25)13-19(27)16-8-4-5-10-18(16)26/h4-10,13,21H,11-12H2,1-3H3,(H,28,29). The van der Waals surface area contributed by atoms with E-state index in [0.717, 1.165) is 6.07 Å². The van der Waals surface area contributed by atoms with Crippen molar-refractivity contribution in [3.05, 3.63) is 81.6 Å². The van der Waals surface area contributed by atoms with E-state index in [4.69, 9.17) is 0 Å². The first-order valence-electron chi connectivity index (χ1n) is 9.40. The molecule has 0 aliphatic heterocycles. The van der Waals surface area contributed by atoms with Crippen molar-refractivity contribution < 1.29 is 18.7 Å². The number of carboxylic acids is 1. The van der Waals surface area contributed by atoms with Crippen LogP contribution in [0.3, 0.4) is 0 Å². The Bertz CT molecular complexity index is 1130. The fourth-order valence-electron chi connectivity index (χ4n) is 3.72. The minimum Gasteiger partial charge on any atom is -0.480 e. The predicted octanol–water partition coefficient (Wildman–Crippen LogP) is 4.74. The normalized spacial score (nSPS) is 12.9. The zero-order valence-electron chi connectivity index (χ0n) is 16.6. The third kappa shape index (κ3) is 4.06. The summed E-state index contributed by atoms with van der Waals surface area (Å²) in [5.74, 6) is -2.88. The van der Waals surface area contributed by atoms with Crippen LogP contribution in [-0.2, 0) is 17.6 Å². The van der Waals surface area contributed by atoms with E-state index in [-0.39, 0.29) is 23.8 Å². The van der Waals surface area contributed by atoms with Gasteiger partial charge in [-0.15, -0.1) is 0 Å². The van der Waals surface area contributed by atoms with Gasteiger partial charge in [0.05, 0.1) is 5.52 Å². The molecule has 1 heterocycles. The molecule has 0 saturated heterocycles. The quantitative estimate of drug-likeness (QED) is 0.674. The van der Waals surface area contributed by atoms with E-state index >= 15 is 0 Å². The van der Waals surface area contributed by atoms with Gasteiger partial charge in [0.1, 0.15) is 6.04 Å². The highest BCUT2D eigenvalue weighted by molar-refractivity contribution is 5.82. The van der Waals surface area contributed by atoms with Crippen molar-refractivity contribution in [1.29, 1.82) is 0 Å². The predicted molar refractivity (Wildman–Crippen MR) is 108 cm³/mol. The second-order valence-electron chi connectivity index (χ2n) is 8.21. The van der Waals surface area contributed by atoms with Gasteiger partial charge < -0.3 is 9.67 Å². The zero-order chi connectivity index (χ0) is 21.3. The maximum absolute atomic E-state index is 14.1. The van der Waals surface area contributed by atoms with Crippen LogP contribution < -0.4 is 5.43 Å². The summed E-state index contributed by atoms with van der Waals surface area (Å²) in [6.45, 7) is 5.44. The second kappa shape index (κ2) is 7.78. The summed E-state index contributed by atoms with van der Waals surface area (Å²) in [5.41, 5.74) is 0.281. The monoisotopic (exact) mass is 399 g/mol. The van der Waals surface area contributed by atoms with Gasteiger partial charge in [0.2, 0.25) is 0 Å². The summed E-state index contributed by atoms with van der Waals surface area (Å²) in [7, 11) is 0. The highest BCUT2D eigenvalue weighted by Gasteiger charge is 2.34. The number of fused-ring (bicyclic) bond motifs is 1. The number of halogens is 2. The molecule has 0 aliphatic carbocycles. The van der Waals surface area contributed by atoms with Crippen LogP contribution in [0.5, 0.6) is 0 Å². The molecule has 1 unspecified atom stereocenters. The highest BCUT2D eigenvalue weighted by atomic mass is 19.2. The summed E-state index contributed by atoms with van der Waals surface area (Å²) in [4.78, 5) is 24.8. The van der Waals surface area contributed by atoms with Crippen LogP contribution in [0.15, 0.2) is 53.3 Å². The van der Waals surface area contributed by atoms with Crippen molar-refractivity contribution in [1.82, 2.24) is 4.57 Å². The number of hydrogen-bond donors (Lipinski definition) is 1. The van der Waals surface area contributed by atoms with Gasteiger partial charge in [0.25, 0.3) is 0 Å². The van der Waals surface area contributed by atoms with Crippen LogP contribution in [-0.4, -0.2) is 15.6 Å². The molecule has 0 amide bonds. The van der Waals surface area contributed by atoms with Gasteiger partial charge >= 0.3 is 5.97 Å². The summed E-state index contributed by atoms with van der Waals surface area (Å²) in [5, 5.41) is 10.4. The van der Waals surface area contributed by atoms with Crippen molar-refractivity contribution in [2.24, 2.45) is 5.41 Å². The van der Waals surface area contributed by atoms with Crippen molar-refractivity contribution in [2.75, 3.05) is 0 Å². The van der Waals surface area contributed by atoms with Gasteiger partial charge in [-0.3, -0.25) is 4.79 Å². The lowest BCUT2D eigenvalue weighted by molar-refractivity contribution is -0.144. The van der Waals surface area contributed by atoms with E-state index in [0.29, 0.717) is 16.6 Å². The van der Waals surface area contributed by atoms with E-state index in [9.17, 15) is 23.5 Å². The Labute approximate surface area is 167 Å². The molecule has 0 saturated carbocycles. The molecule has 0 aliphatic rings. The van der Waals surface area contributed by atoms with E-state index in [1.807, 2.05) is 20.8 Å². The van der Waals surface area contributed by atoms with Crippen LogP contribution in [0.1, 0.15) is 38.1 Å². The van der Waals surface area contributed by atoms with Gasteiger partial charge in [0, 0.05) is 17.1 Å². The number of carboxylic acid groups (broad SMARTS) is 1. The van der Waals surface area contributed by atoms with Gasteiger partial charge in [0.15, 0.2) is 17.1 Å². The highest BCUT2D eigenvalue weighted by Crippen LogP contribution is 2.34. The number of aliphatic carboxylic acids is 1. The molecule has 152 valence electrons. The number of nitrogens with zero attached hydrogens (tertiary/aromatic N) is 1. The minimum absolute atomic E-state index is 0.137. The summed E-state index contributed by atoms with van der Waals surface area (Å²) >= 11 is 0. The minimum atomic E-state index is -1.02. The topological polar surface area (TPSA) is 59.3 Å². The maximum atomic E-state index is 14.1. The third-order valence-electron chi connectivity index (χ3n) is 5.03. The fourth-order valence-corrected chi connectivity index (χ4v) is 3.72. The second-order valence-corrected chi connectivity index (χ2v) is 8.21. The van der Waals surface area contributed by atoms with Gasteiger partial charge in [-0.2, -0.15) is 0 Å². The van der Waals surface area contributed by atoms with E-state index < -0.39 is 29.1 Å². The van der Waals surface area contributed by atoms with Crippen LogP contribution in [0.25, 0.3) is 10.9 Å². The van der Waals surface area contributed by atoms with Crippen molar-refractivity contribution >= 4 is 16.9 Å². The molecule has 3 aromatic rings. The molecule has 3 rings (SSSR count). The molecule has 2 aromatic carbocycles. The molecule has 0 bridgehead atoms. The zero-order valence-corrected chi connectivity index (χ0v) is 16.6. The molecule has 4 nitrogen and oxygen atoms in total. The average Bonchev–Trinajstić information content (AvgIpc) is 2.64. The smallest absolute Gasteiger partial charge is 0.327 e. The first-order chi connectivity index (χ1) is 13.6. The fraction of sp³-hybridized carbons (Fsp3) is 0.304. The number of benzene rings is 2. The third-order valence-corrected chi connectivity index (χ3v) is 5.03. The Morgan fingerprint density at radius 2 is 1.76 bits per heavy atom. The molecule has 1 N–H and O–H groups in total. The largest absolute Gasteiger partial charge is 0.480 e. The molecular weight excluding hydrogens is 376 g/mol. The Balaban J connectivity index is 2.19. The van der Waals surface area contributed by atoms with Gasteiger partial charge in [-0.05, 0) is 42.0 Å². The molecular formula is C23H23F2NO3. The molecule has 0 spiro atoms. The number of rotatable bonds is 5. The van der Waals surface area contributed by atoms with E-state index in [1.165, 1.54) is 18.2 Å². The molecule has 0 radical (unpaired) electrons. The summed E-state index contributed by atoms with van der Waals surface area (Å²) in [6.07, 6.45) is 0.332. The number of carbonyl (C=O) groups is 1. The Kier molecular flexibility index (Phi) is 5.55. The molecule has 6 heteroatoms. The maximum Gasteiger partial charge on any atom is 0.327 e. The van der Waals surface area contributed by atoms with Crippen molar-refractivity contribution in [3.63, 3.8) is 0 Å². The van der Waals surface area contributed by atoms with Gasteiger partial charge in [-0.1, -0.05) is 45.0 Å². The summed E-state index contributed by atoms with van der Waals surface area (Å²) in [6, 6.07) is 11.3. The van der Waals surface area contributed by atoms with Crippen LogP contribution in [0.4, 0.5) is 8.78 Å². The number of para-hydroxylation sites is 1. The number of aromatic nitrogens is 1. The van der Waals surface area contributed by atoms with Crippen molar-refractivity contribution in [3.8, 4) is 0 Å². The van der Waals surface area contributed by atoms with Crippen molar-refractivity contribution in [2.45, 2.75) is 39.7 Å². The number of hydrogen-bond acceptors (Lipinski definition) is 2. The first kappa shape index (κ1) is 20.7. The van der Waals surface area contributed by atoms with Gasteiger partial charge in [-0.25, -0.2) is 13.6 Å². The van der Waals surface area contributed by atoms with Crippen LogP contribution in [0.2, 0.25) is 0 Å². The lowest BCUT2D eigenvalue weighted by Gasteiger charge is -2.32. The molecule has 0 fully saturated rings. The Morgan fingerprint density at radius 1 is 1.07 bits per heavy atom. The number of pyridine rings is 1. The Morgan fingerprint density at radius 3 is 2.41 bits per heavy atom. The molecule has 1 atom stereocenters. The average molecular weight is 399 g/mol. The van der Waals surface area contributed by atoms with Crippen LogP contribution in [0, 0.1) is 17.0 Å². The lowest BCUT2D eigenvalue weighted by Crippen LogP contribution is -2.34. The van der Waals surface area contributed by atoms with Crippen LogP contribution >= 0.6 is 0 Å². The molecule has 1 aromatic heterocycles. The van der Waals surface area contributed by atoms with E-state index in [1.54, 1.807) is 28.8 Å².